The van der Waals surface area contributed by atoms with Crippen LogP contribution >= 0.6 is 0 Å². The fourth-order valence-electron chi connectivity index (χ4n) is 4.66. The van der Waals surface area contributed by atoms with Crippen LogP contribution in [-0.4, -0.2) is 52.0 Å². The molecule has 44 heavy (non-hydrogen) atoms. The van der Waals surface area contributed by atoms with Crippen molar-refractivity contribution in [3.8, 4) is 17.2 Å². The largest absolute Gasteiger partial charge is 0.457 e. The van der Waals surface area contributed by atoms with E-state index in [1.54, 1.807) is 41.2 Å². The average Bonchev–Trinajstić information content (AvgIpc) is 3.43. The van der Waals surface area contributed by atoms with Crippen LogP contribution in [0.5, 0.6) is 11.5 Å². The molecule has 3 N–H and O–H groups in total. The molecular formula is C34H35N5O5. The zero-order valence-electron chi connectivity index (χ0n) is 25.1. The molecule has 10 heteroatoms. The van der Waals surface area contributed by atoms with Gasteiger partial charge in [0, 0.05) is 41.6 Å². The lowest BCUT2D eigenvalue weighted by molar-refractivity contribution is -0.122. The summed E-state index contributed by atoms with van der Waals surface area (Å²) < 4.78 is 12.8. The second-order valence-corrected chi connectivity index (χ2v) is 11.2. The smallest absolute Gasteiger partial charge is 0.324 e. The molecule has 0 fully saturated rings. The number of anilines is 2. The summed E-state index contributed by atoms with van der Waals surface area (Å²) >= 11 is 0. The number of pyridine rings is 1. The zero-order chi connectivity index (χ0) is 31.3. The van der Waals surface area contributed by atoms with Crippen LogP contribution in [0.3, 0.4) is 0 Å². The molecular weight excluding hydrogens is 558 g/mol. The lowest BCUT2D eigenvalue weighted by Crippen LogP contribution is -2.22. The van der Waals surface area contributed by atoms with Gasteiger partial charge in [0.15, 0.2) is 5.78 Å². The third kappa shape index (κ3) is 6.94. The first-order chi connectivity index (χ1) is 21.2. The summed E-state index contributed by atoms with van der Waals surface area (Å²) in [6.07, 6.45) is 1.74. The van der Waals surface area contributed by atoms with Crippen LogP contribution < -0.4 is 15.4 Å². The maximum absolute atomic E-state index is 13.4. The van der Waals surface area contributed by atoms with Gasteiger partial charge in [0.1, 0.15) is 23.9 Å². The number of amides is 2. The molecule has 0 aliphatic rings. The van der Waals surface area contributed by atoms with Crippen LogP contribution in [0, 0.1) is 6.92 Å². The number of carbonyl (C=O) groups is 2. The molecule has 5 aromatic rings. The molecule has 0 saturated carbocycles. The predicted octanol–water partition coefficient (Wildman–Crippen LogP) is 6.19. The van der Waals surface area contributed by atoms with Gasteiger partial charge >= 0.3 is 6.03 Å². The van der Waals surface area contributed by atoms with E-state index in [9.17, 15) is 14.7 Å². The lowest BCUT2D eigenvalue weighted by Gasteiger charge is -2.18. The number of aliphatic hydroxyl groups excluding tert-OH is 1. The molecule has 5 rings (SSSR count). The number of urea groups is 1. The van der Waals surface area contributed by atoms with Crippen LogP contribution in [0.2, 0.25) is 0 Å². The quantitative estimate of drug-likeness (QED) is 0.167. The molecule has 2 heterocycles. The van der Waals surface area contributed by atoms with Gasteiger partial charge in [0.25, 0.3) is 0 Å². The fourth-order valence-corrected chi connectivity index (χ4v) is 4.66. The SMILES string of the molecule is COCC(=O)Cc1cc(Oc2ccc(NC(=O)Nc3cc(C(C)(C)CO)nn3-c3ccc(C)cc3)c3ccccc23)ccn1. The summed E-state index contributed by atoms with van der Waals surface area (Å²) in [6, 6.07) is 23.7. The highest BCUT2D eigenvalue weighted by Gasteiger charge is 2.25. The fraction of sp³-hybridized carbons (Fsp3) is 0.235. The lowest BCUT2D eigenvalue weighted by atomic mass is 9.91. The van der Waals surface area contributed by atoms with Crippen molar-refractivity contribution in [2.75, 3.05) is 31.0 Å². The second kappa shape index (κ2) is 13.1. The number of rotatable bonds is 11. The Labute approximate surface area is 255 Å². The number of nitrogens with zero attached hydrogens (tertiary/aromatic N) is 3. The molecule has 0 aliphatic carbocycles. The van der Waals surface area contributed by atoms with E-state index in [1.807, 2.05) is 69.3 Å². The van der Waals surface area contributed by atoms with Crippen LogP contribution in [0.1, 0.15) is 30.8 Å². The highest BCUT2D eigenvalue weighted by Crippen LogP contribution is 2.35. The maximum atomic E-state index is 13.4. The van der Waals surface area contributed by atoms with Crippen LogP contribution in [0.4, 0.5) is 16.3 Å². The number of nitrogens with one attached hydrogen (secondary N) is 2. The normalized spacial score (nSPS) is 11.4. The van der Waals surface area contributed by atoms with E-state index in [2.05, 4.69) is 15.6 Å². The Morgan fingerprint density at radius 1 is 0.955 bits per heavy atom. The number of ketones is 1. The maximum Gasteiger partial charge on any atom is 0.324 e. The van der Waals surface area contributed by atoms with Gasteiger partial charge in [-0.3, -0.25) is 15.1 Å². The predicted molar refractivity (Wildman–Crippen MR) is 170 cm³/mol. The van der Waals surface area contributed by atoms with Gasteiger partial charge < -0.3 is 19.9 Å². The number of hydrogen-bond donors (Lipinski definition) is 3. The van der Waals surface area contributed by atoms with E-state index in [-0.39, 0.29) is 25.4 Å². The second-order valence-electron chi connectivity index (χ2n) is 11.2. The van der Waals surface area contributed by atoms with Gasteiger partial charge in [0.2, 0.25) is 0 Å². The average molecular weight is 594 g/mol. The number of Topliss-reactive ketones (excluding diaryl/α,β-unsaturated/α-hetero) is 1. The standard InChI is InChI=1S/C34H35N5O5/c1-22-9-11-24(12-10-22)39-32(19-31(38-39)34(2,3)21-40)37-33(42)36-29-13-14-30(28-8-6-5-7-27(28)29)44-26-15-16-35-23(18-26)17-25(41)20-43-4/h5-16,18-19,40H,17,20-21H2,1-4H3,(H2,36,37,42). The van der Waals surface area contributed by atoms with E-state index >= 15 is 0 Å². The minimum absolute atomic E-state index is 0.0234. The van der Waals surface area contributed by atoms with Gasteiger partial charge in [-0.05, 0) is 37.3 Å². The highest BCUT2D eigenvalue weighted by atomic mass is 16.5. The Kier molecular flexibility index (Phi) is 9.03. The topological polar surface area (TPSA) is 128 Å². The molecule has 2 aromatic heterocycles. The van der Waals surface area contributed by atoms with Crippen molar-refractivity contribution >= 4 is 34.1 Å². The Morgan fingerprint density at radius 3 is 2.43 bits per heavy atom. The van der Waals surface area contributed by atoms with E-state index in [1.165, 1.54) is 7.11 Å². The van der Waals surface area contributed by atoms with Gasteiger partial charge in [-0.2, -0.15) is 5.10 Å². The van der Waals surface area contributed by atoms with Crippen LogP contribution in [0.25, 0.3) is 16.5 Å². The number of hydrogen-bond acceptors (Lipinski definition) is 7. The minimum atomic E-state index is -0.607. The number of benzene rings is 3. The number of fused-ring (bicyclic) bond motifs is 1. The van der Waals surface area contributed by atoms with Crippen molar-refractivity contribution in [2.45, 2.75) is 32.6 Å². The Balaban J connectivity index is 1.39. The molecule has 0 radical (unpaired) electrons. The first kappa shape index (κ1) is 30.4. The first-order valence-corrected chi connectivity index (χ1v) is 14.2. The summed E-state index contributed by atoms with van der Waals surface area (Å²) in [7, 11) is 1.48. The van der Waals surface area contributed by atoms with Gasteiger partial charge in [-0.1, -0.05) is 55.8 Å². The van der Waals surface area contributed by atoms with Crippen molar-refractivity contribution in [1.29, 1.82) is 0 Å². The molecule has 0 saturated heterocycles. The summed E-state index contributed by atoms with van der Waals surface area (Å²) in [6.45, 7) is 5.71. The Morgan fingerprint density at radius 2 is 1.70 bits per heavy atom. The third-order valence-electron chi connectivity index (χ3n) is 7.15. The molecule has 10 nitrogen and oxygen atoms in total. The number of aryl methyl sites for hydroxylation is 1. The molecule has 0 spiro atoms. The molecule has 226 valence electrons. The van der Waals surface area contributed by atoms with Crippen molar-refractivity contribution < 1.29 is 24.2 Å². The van der Waals surface area contributed by atoms with E-state index in [4.69, 9.17) is 14.6 Å². The molecule has 0 unspecified atom stereocenters. The zero-order valence-corrected chi connectivity index (χ0v) is 25.1. The summed E-state index contributed by atoms with van der Waals surface area (Å²) in [5, 5.41) is 22.1. The summed E-state index contributed by atoms with van der Waals surface area (Å²) in [5.74, 6) is 1.51. The van der Waals surface area contributed by atoms with Crippen LogP contribution in [0.15, 0.2) is 85.1 Å². The Bertz CT molecular complexity index is 1800. The number of aromatic nitrogens is 3. The monoisotopic (exact) mass is 593 g/mol. The molecule has 2 amide bonds. The molecule has 3 aromatic carbocycles. The Hall–Kier alpha value is -5.06. The highest BCUT2D eigenvalue weighted by molar-refractivity contribution is 6.07. The van der Waals surface area contributed by atoms with Crippen molar-refractivity contribution in [3.63, 3.8) is 0 Å². The third-order valence-corrected chi connectivity index (χ3v) is 7.15. The van der Waals surface area contributed by atoms with Gasteiger partial charge in [0.05, 0.1) is 35.8 Å². The molecule has 0 atom stereocenters. The van der Waals surface area contributed by atoms with Gasteiger partial charge in [-0.15, -0.1) is 0 Å². The van der Waals surface area contributed by atoms with Crippen molar-refractivity contribution in [2.24, 2.45) is 0 Å². The van der Waals surface area contributed by atoms with E-state index < -0.39 is 11.4 Å². The summed E-state index contributed by atoms with van der Waals surface area (Å²) in [5.41, 5.74) is 3.09. The number of methoxy groups -OCH3 is 1. The number of aliphatic hydroxyl groups is 1. The first-order valence-electron chi connectivity index (χ1n) is 14.2. The molecule has 0 aliphatic heterocycles. The molecule has 0 bridgehead atoms. The van der Waals surface area contributed by atoms with Crippen molar-refractivity contribution in [1.82, 2.24) is 14.8 Å². The minimum Gasteiger partial charge on any atom is -0.457 e. The summed E-state index contributed by atoms with van der Waals surface area (Å²) in [4.78, 5) is 29.6. The number of carbonyl (C=O) groups excluding carboxylic acids is 2. The van der Waals surface area contributed by atoms with Gasteiger partial charge in [-0.25, -0.2) is 9.48 Å². The van der Waals surface area contributed by atoms with E-state index in [0.717, 1.165) is 22.0 Å². The number of ether oxygens (including phenoxy) is 2. The van der Waals surface area contributed by atoms with E-state index in [0.29, 0.717) is 34.4 Å². The van der Waals surface area contributed by atoms with Crippen LogP contribution in [-0.2, 0) is 21.4 Å². The van der Waals surface area contributed by atoms with Crippen molar-refractivity contribution in [3.05, 3.63) is 102 Å².